The molecule has 1 unspecified atom stereocenters. The summed E-state index contributed by atoms with van der Waals surface area (Å²) in [5.74, 6) is 0. The van der Waals surface area contributed by atoms with E-state index in [1.807, 2.05) is 6.08 Å². The molecule has 1 atom stereocenters. The molecule has 0 bridgehead atoms. The van der Waals surface area contributed by atoms with Crippen LogP contribution in [0.25, 0.3) is 0 Å². The van der Waals surface area contributed by atoms with Gasteiger partial charge in [-0.25, -0.2) is 0 Å². The van der Waals surface area contributed by atoms with E-state index in [4.69, 9.17) is 5.11 Å². The highest BCUT2D eigenvalue weighted by molar-refractivity contribution is 4.85. The summed E-state index contributed by atoms with van der Waals surface area (Å²) in [6, 6.07) is 0. The molecule has 1 heteroatoms. The Bertz CT molecular complexity index is 138. The largest absolute Gasteiger partial charge is 0.389 e. The third-order valence-electron chi connectivity index (χ3n) is 2.64. The van der Waals surface area contributed by atoms with Gasteiger partial charge < -0.3 is 5.11 Å². The summed E-state index contributed by atoms with van der Waals surface area (Å²) in [5, 5.41) is 8.99. The van der Waals surface area contributed by atoms with Gasteiger partial charge in [-0.3, -0.25) is 0 Å². The summed E-state index contributed by atoms with van der Waals surface area (Å²) < 4.78 is 0. The fourth-order valence-electron chi connectivity index (χ4n) is 1.69. The Labute approximate surface area is 95.6 Å². The topological polar surface area (TPSA) is 20.2 Å². The molecule has 0 aromatic heterocycles. The van der Waals surface area contributed by atoms with Gasteiger partial charge in [-0.05, 0) is 19.8 Å². The predicted molar refractivity (Wildman–Crippen MR) is 68.0 cm³/mol. The first kappa shape index (κ1) is 14.7. The maximum atomic E-state index is 8.99. The van der Waals surface area contributed by atoms with Crippen LogP contribution in [0.5, 0.6) is 0 Å². The van der Waals surface area contributed by atoms with E-state index in [-0.39, 0.29) is 6.10 Å². The SMILES string of the molecule is CCCCCCCCCCC=CC(C)O. The second-order valence-electron chi connectivity index (χ2n) is 4.43. The molecular formula is C14H28O. The van der Waals surface area contributed by atoms with Crippen molar-refractivity contribution >= 4 is 0 Å². The molecule has 0 amide bonds. The summed E-state index contributed by atoms with van der Waals surface area (Å²) >= 11 is 0. The normalized spacial score (nSPS) is 13.5. The standard InChI is InChI=1S/C14H28O/c1-3-4-5-6-7-8-9-10-11-12-13-14(2)15/h12-15H,3-11H2,1-2H3. The molecule has 0 aliphatic heterocycles. The third-order valence-corrected chi connectivity index (χ3v) is 2.64. The number of hydrogen-bond acceptors (Lipinski definition) is 1. The van der Waals surface area contributed by atoms with Crippen molar-refractivity contribution in [3.63, 3.8) is 0 Å². The molecule has 0 saturated heterocycles. The Balaban J connectivity index is 2.99. The van der Waals surface area contributed by atoms with Gasteiger partial charge in [0.25, 0.3) is 0 Å². The van der Waals surface area contributed by atoms with E-state index in [1.54, 1.807) is 6.92 Å². The number of unbranched alkanes of at least 4 members (excludes halogenated alkanes) is 8. The molecule has 1 nitrogen and oxygen atoms in total. The molecule has 0 heterocycles. The van der Waals surface area contributed by atoms with Crippen LogP contribution >= 0.6 is 0 Å². The van der Waals surface area contributed by atoms with Gasteiger partial charge in [0, 0.05) is 0 Å². The third kappa shape index (κ3) is 13.7. The summed E-state index contributed by atoms with van der Waals surface area (Å²) in [6.07, 6.45) is 15.8. The van der Waals surface area contributed by atoms with Crippen LogP contribution in [0.1, 0.15) is 71.6 Å². The van der Waals surface area contributed by atoms with Gasteiger partial charge >= 0.3 is 0 Å². The molecule has 0 fully saturated rings. The number of aliphatic hydroxyl groups is 1. The van der Waals surface area contributed by atoms with Gasteiger partial charge in [0.15, 0.2) is 0 Å². The second-order valence-corrected chi connectivity index (χ2v) is 4.43. The average molecular weight is 212 g/mol. The number of allylic oxidation sites excluding steroid dienone is 1. The van der Waals surface area contributed by atoms with Crippen molar-refractivity contribution in [1.82, 2.24) is 0 Å². The van der Waals surface area contributed by atoms with E-state index < -0.39 is 0 Å². The quantitative estimate of drug-likeness (QED) is 0.419. The predicted octanol–water partition coefficient (Wildman–Crippen LogP) is 4.45. The number of aliphatic hydroxyl groups excluding tert-OH is 1. The van der Waals surface area contributed by atoms with E-state index >= 15 is 0 Å². The van der Waals surface area contributed by atoms with Crippen LogP contribution < -0.4 is 0 Å². The van der Waals surface area contributed by atoms with Gasteiger partial charge in [-0.15, -0.1) is 0 Å². The molecule has 0 aromatic carbocycles. The smallest absolute Gasteiger partial charge is 0.0692 e. The van der Waals surface area contributed by atoms with Crippen LogP contribution in [-0.4, -0.2) is 11.2 Å². The van der Waals surface area contributed by atoms with E-state index in [2.05, 4.69) is 13.0 Å². The highest BCUT2D eigenvalue weighted by Gasteiger charge is 1.90. The molecule has 0 aliphatic rings. The highest BCUT2D eigenvalue weighted by atomic mass is 16.3. The lowest BCUT2D eigenvalue weighted by Crippen LogP contribution is -1.91. The molecule has 0 aliphatic carbocycles. The average Bonchev–Trinajstić information content (AvgIpc) is 2.20. The fourth-order valence-corrected chi connectivity index (χ4v) is 1.69. The van der Waals surface area contributed by atoms with Crippen LogP contribution in [0.3, 0.4) is 0 Å². The van der Waals surface area contributed by atoms with Crippen LogP contribution in [0.2, 0.25) is 0 Å². The first-order chi connectivity index (χ1) is 7.27. The minimum Gasteiger partial charge on any atom is -0.389 e. The van der Waals surface area contributed by atoms with Crippen molar-refractivity contribution in [2.45, 2.75) is 77.7 Å². The summed E-state index contributed by atoms with van der Waals surface area (Å²) in [4.78, 5) is 0. The molecule has 1 N–H and O–H groups in total. The van der Waals surface area contributed by atoms with Crippen molar-refractivity contribution < 1.29 is 5.11 Å². The number of rotatable bonds is 10. The van der Waals surface area contributed by atoms with Crippen molar-refractivity contribution in [2.24, 2.45) is 0 Å². The Morgan fingerprint density at radius 2 is 1.47 bits per heavy atom. The lowest BCUT2D eigenvalue weighted by Gasteiger charge is -2.00. The van der Waals surface area contributed by atoms with Crippen LogP contribution in [-0.2, 0) is 0 Å². The van der Waals surface area contributed by atoms with Crippen molar-refractivity contribution in [3.05, 3.63) is 12.2 Å². The number of hydrogen-bond donors (Lipinski definition) is 1. The molecule has 0 saturated carbocycles. The summed E-state index contributed by atoms with van der Waals surface area (Å²) in [6.45, 7) is 4.05. The Kier molecular flexibility index (Phi) is 11.5. The van der Waals surface area contributed by atoms with Gasteiger partial charge in [0.2, 0.25) is 0 Å². The zero-order valence-electron chi connectivity index (χ0n) is 10.5. The minimum atomic E-state index is -0.279. The lowest BCUT2D eigenvalue weighted by atomic mass is 10.1. The van der Waals surface area contributed by atoms with Crippen molar-refractivity contribution in [2.75, 3.05) is 0 Å². The van der Waals surface area contributed by atoms with E-state index in [0.29, 0.717) is 0 Å². The second kappa shape index (κ2) is 11.8. The molecule has 0 radical (unpaired) electrons. The van der Waals surface area contributed by atoms with E-state index in [0.717, 1.165) is 6.42 Å². The van der Waals surface area contributed by atoms with Crippen LogP contribution in [0, 0.1) is 0 Å². The van der Waals surface area contributed by atoms with Crippen LogP contribution in [0.4, 0.5) is 0 Å². The molecule has 0 aromatic rings. The fraction of sp³-hybridized carbons (Fsp3) is 0.857. The Morgan fingerprint density at radius 1 is 0.933 bits per heavy atom. The zero-order valence-corrected chi connectivity index (χ0v) is 10.5. The molecule has 0 spiro atoms. The molecule has 15 heavy (non-hydrogen) atoms. The zero-order chi connectivity index (χ0) is 11.4. The first-order valence-electron chi connectivity index (χ1n) is 6.62. The minimum absolute atomic E-state index is 0.279. The Morgan fingerprint density at radius 3 is 2.00 bits per heavy atom. The van der Waals surface area contributed by atoms with E-state index in [1.165, 1.54) is 51.4 Å². The molecule has 90 valence electrons. The Hall–Kier alpha value is -0.300. The first-order valence-corrected chi connectivity index (χ1v) is 6.62. The van der Waals surface area contributed by atoms with Gasteiger partial charge in [-0.1, -0.05) is 64.0 Å². The monoisotopic (exact) mass is 212 g/mol. The molecule has 0 rings (SSSR count). The maximum absolute atomic E-state index is 8.99. The van der Waals surface area contributed by atoms with Gasteiger partial charge in [0.05, 0.1) is 6.10 Å². The summed E-state index contributed by atoms with van der Waals surface area (Å²) in [5.41, 5.74) is 0. The summed E-state index contributed by atoms with van der Waals surface area (Å²) in [7, 11) is 0. The van der Waals surface area contributed by atoms with Gasteiger partial charge in [0.1, 0.15) is 0 Å². The highest BCUT2D eigenvalue weighted by Crippen LogP contribution is 2.09. The maximum Gasteiger partial charge on any atom is 0.0692 e. The van der Waals surface area contributed by atoms with Crippen molar-refractivity contribution in [3.8, 4) is 0 Å². The van der Waals surface area contributed by atoms with E-state index in [9.17, 15) is 0 Å². The van der Waals surface area contributed by atoms with Gasteiger partial charge in [-0.2, -0.15) is 0 Å². The van der Waals surface area contributed by atoms with Crippen molar-refractivity contribution in [1.29, 1.82) is 0 Å². The van der Waals surface area contributed by atoms with Crippen LogP contribution in [0.15, 0.2) is 12.2 Å². The molecular weight excluding hydrogens is 184 g/mol. The lowest BCUT2D eigenvalue weighted by molar-refractivity contribution is 0.244.